The monoisotopic (exact) mass is 178 g/mol. The van der Waals surface area contributed by atoms with Crippen molar-refractivity contribution in [3.63, 3.8) is 0 Å². The molecule has 0 spiro atoms. The molecule has 0 atom stereocenters. The van der Waals surface area contributed by atoms with E-state index in [4.69, 9.17) is 0 Å². The summed E-state index contributed by atoms with van der Waals surface area (Å²) in [6.07, 6.45) is 3.78. The highest BCUT2D eigenvalue weighted by atomic mass is 14.9. The fourth-order valence-corrected chi connectivity index (χ4v) is 1.08. The van der Waals surface area contributed by atoms with Gasteiger partial charge in [-0.05, 0) is 38.8 Å². The molecule has 1 aromatic rings. The number of hydrogen-bond acceptors (Lipinski definition) is 2. The summed E-state index contributed by atoms with van der Waals surface area (Å²) in [5.41, 5.74) is 2.63. The van der Waals surface area contributed by atoms with E-state index in [9.17, 15) is 0 Å². The van der Waals surface area contributed by atoms with Crippen molar-refractivity contribution in [1.29, 1.82) is 0 Å². The van der Waals surface area contributed by atoms with Crippen molar-refractivity contribution in [1.82, 2.24) is 10.3 Å². The standard InChI is InChI=1S/C11H18N2/c1-9-5-10(7-12-6-9)8-13-11(2,3)4/h5-7,13H,8H2,1-4H3. The normalized spacial score (nSPS) is 11.7. The fraction of sp³-hybridized carbons (Fsp3) is 0.545. The first-order valence-electron chi connectivity index (χ1n) is 4.63. The van der Waals surface area contributed by atoms with Gasteiger partial charge in [0.2, 0.25) is 0 Å². The maximum Gasteiger partial charge on any atom is 0.0313 e. The van der Waals surface area contributed by atoms with Gasteiger partial charge in [-0.15, -0.1) is 0 Å². The van der Waals surface area contributed by atoms with Gasteiger partial charge < -0.3 is 5.32 Å². The SMILES string of the molecule is Cc1cncc(CNC(C)(C)C)c1. The van der Waals surface area contributed by atoms with Crippen LogP contribution in [0.4, 0.5) is 0 Å². The largest absolute Gasteiger partial charge is 0.308 e. The van der Waals surface area contributed by atoms with Gasteiger partial charge in [0.1, 0.15) is 0 Å². The van der Waals surface area contributed by atoms with Gasteiger partial charge in [-0.1, -0.05) is 6.07 Å². The van der Waals surface area contributed by atoms with Crippen LogP contribution in [0.25, 0.3) is 0 Å². The van der Waals surface area contributed by atoms with Gasteiger partial charge in [0, 0.05) is 24.5 Å². The topological polar surface area (TPSA) is 24.9 Å². The minimum absolute atomic E-state index is 0.170. The molecule has 0 unspecified atom stereocenters. The third-order valence-electron chi connectivity index (χ3n) is 1.75. The lowest BCUT2D eigenvalue weighted by atomic mass is 10.1. The van der Waals surface area contributed by atoms with Crippen LogP contribution in [0.15, 0.2) is 18.5 Å². The first-order chi connectivity index (χ1) is 5.97. The first-order valence-corrected chi connectivity index (χ1v) is 4.63. The van der Waals surface area contributed by atoms with Crippen molar-refractivity contribution in [2.24, 2.45) is 0 Å². The second-order valence-corrected chi connectivity index (χ2v) is 4.47. The van der Waals surface area contributed by atoms with Gasteiger partial charge in [-0.3, -0.25) is 4.98 Å². The minimum atomic E-state index is 0.170. The predicted octanol–water partition coefficient (Wildman–Crippen LogP) is 2.28. The molecule has 1 heterocycles. The molecule has 0 bridgehead atoms. The zero-order valence-corrected chi connectivity index (χ0v) is 8.89. The molecule has 0 saturated heterocycles. The van der Waals surface area contributed by atoms with E-state index in [-0.39, 0.29) is 5.54 Å². The highest BCUT2D eigenvalue weighted by molar-refractivity contribution is 5.16. The molecule has 0 aliphatic heterocycles. The molecule has 2 nitrogen and oxygen atoms in total. The highest BCUT2D eigenvalue weighted by Crippen LogP contribution is 2.04. The molecule has 1 aromatic heterocycles. The van der Waals surface area contributed by atoms with E-state index >= 15 is 0 Å². The Hall–Kier alpha value is -0.890. The molecule has 1 N–H and O–H groups in total. The van der Waals surface area contributed by atoms with Crippen LogP contribution in [0.5, 0.6) is 0 Å². The smallest absolute Gasteiger partial charge is 0.0313 e. The van der Waals surface area contributed by atoms with Crippen LogP contribution in [0.1, 0.15) is 31.9 Å². The molecule has 13 heavy (non-hydrogen) atoms. The average Bonchev–Trinajstić information content (AvgIpc) is 2.00. The third kappa shape index (κ3) is 4.04. The van der Waals surface area contributed by atoms with Crippen molar-refractivity contribution in [2.45, 2.75) is 39.8 Å². The van der Waals surface area contributed by atoms with E-state index in [1.165, 1.54) is 11.1 Å². The van der Waals surface area contributed by atoms with Gasteiger partial charge in [0.05, 0.1) is 0 Å². The van der Waals surface area contributed by atoms with Crippen LogP contribution in [-0.4, -0.2) is 10.5 Å². The van der Waals surface area contributed by atoms with Crippen LogP contribution in [0.3, 0.4) is 0 Å². The van der Waals surface area contributed by atoms with E-state index in [0.29, 0.717) is 0 Å². The lowest BCUT2D eigenvalue weighted by Gasteiger charge is -2.20. The van der Waals surface area contributed by atoms with Crippen LogP contribution in [0, 0.1) is 6.92 Å². The Morgan fingerprint density at radius 2 is 2.00 bits per heavy atom. The second kappa shape index (κ2) is 3.88. The minimum Gasteiger partial charge on any atom is -0.308 e. The first kappa shape index (κ1) is 10.2. The van der Waals surface area contributed by atoms with Crippen LogP contribution in [-0.2, 0) is 6.54 Å². The zero-order valence-electron chi connectivity index (χ0n) is 8.89. The molecular formula is C11H18N2. The number of nitrogens with one attached hydrogen (secondary N) is 1. The Labute approximate surface area is 80.4 Å². The number of aryl methyl sites for hydroxylation is 1. The Balaban J connectivity index is 2.55. The Kier molecular flexibility index (Phi) is 3.04. The van der Waals surface area contributed by atoms with E-state index in [1.54, 1.807) is 0 Å². The Bertz CT molecular complexity index is 274. The predicted molar refractivity (Wildman–Crippen MR) is 55.6 cm³/mol. The van der Waals surface area contributed by atoms with Crippen molar-refractivity contribution in [3.05, 3.63) is 29.6 Å². The second-order valence-electron chi connectivity index (χ2n) is 4.47. The molecule has 0 saturated carbocycles. The third-order valence-corrected chi connectivity index (χ3v) is 1.75. The van der Waals surface area contributed by atoms with E-state index in [2.05, 4.69) is 44.1 Å². The van der Waals surface area contributed by atoms with E-state index < -0.39 is 0 Å². The van der Waals surface area contributed by atoms with E-state index in [1.807, 2.05) is 12.4 Å². The summed E-state index contributed by atoms with van der Waals surface area (Å²) in [4.78, 5) is 4.14. The molecule has 0 fully saturated rings. The Morgan fingerprint density at radius 3 is 2.54 bits per heavy atom. The van der Waals surface area contributed by atoms with Crippen molar-refractivity contribution >= 4 is 0 Å². The molecule has 0 aliphatic carbocycles. The van der Waals surface area contributed by atoms with Gasteiger partial charge in [-0.25, -0.2) is 0 Å². The fourth-order valence-electron chi connectivity index (χ4n) is 1.08. The van der Waals surface area contributed by atoms with Crippen molar-refractivity contribution in [3.8, 4) is 0 Å². The molecule has 0 aliphatic rings. The molecule has 0 radical (unpaired) electrons. The quantitative estimate of drug-likeness (QED) is 0.751. The molecule has 72 valence electrons. The maximum absolute atomic E-state index is 4.14. The number of aromatic nitrogens is 1. The van der Waals surface area contributed by atoms with Gasteiger partial charge in [0.25, 0.3) is 0 Å². The molecule has 0 amide bonds. The Morgan fingerprint density at radius 1 is 1.31 bits per heavy atom. The molecule has 1 rings (SSSR count). The number of rotatable bonds is 2. The number of pyridine rings is 1. The maximum atomic E-state index is 4.14. The summed E-state index contributed by atoms with van der Waals surface area (Å²) in [7, 11) is 0. The molecular weight excluding hydrogens is 160 g/mol. The van der Waals surface area contributed by atoms with E-state index in [0.717, 1.165) is 6.54 Å². The number of nitrogens with zero attached hydrogens (tertiary/aromatic N) is 1. The lowest BCUT2D eigenvalue weighted by Crippen LogP contribution is -2.35. The molecule has 2 heteroatoms. The lowest BCUT2D eigenvalue weighted by molar-refractivity contribution is 0.424. The van der Waals surface area contributed by atoms with Crippen molar-refractivity contribution < 1.29 is 0 Å². The van der Waals surface area contributed by atoms with Gasteiger partial charge in [0.15, 0.2) is 0 Å². The van der Waals surface area contributed by atoms with Gasteiger partial charge >= 0.3 is 0 Å². The summed E-state index contributed by atoms with van der Waals surface area (Å²) in [6.45, 7) is 9.44. The van der Waals surface area contributed by atoms with Crippen LogP contribution >= 0.6 is 0 Å². The summed E-state index contributed by atoms with van der Waals surface area (Å²) < 4.78 is 0. The van der Waals surface area contributed by atoms with Crippen molar-refractivity contribution in [2.75, 3.05) is 0 Å². The summed E-state index contributed by atoms with van der Waals surface area (Å²) in [6, 6.07) is 2.16. The number of hydrogen-bond donors (Lipinski definition) is 1. The van der Waals surface area contributed by atoms with Crippen LogP contribution < -0.4 is 5.32 Å². The summed E-state index contributed by atoms with van der Waals surface area (Å²) in [5, 5.41) is 3.43. The average molecular weight is 178 g/mol. The van der Waals surface area contributed by atoms with Gasteiger partial charge in [-0.2, -0.15) is 0 Å². The summed E-state index contributed by atoms with van der Waals surface area (Å²) in [5.74, 6) is 0. The molecule has 0 aromatic carbocycles. The zero-order chi connectivity index (χ0) is 9.90. The summed E-state index contributed by atoms with van der Waals surface area (Å²) >= 11 is 0. The highest BCUT2D eigenvalue weighted by Gasteiger charge is 2.07. The van der Waals surface area contributed by atoms with Crippen LogP contribution in [0.2, 0.25) is 0 Å².